The number of aromatic nitrogens is 1. The van der Waals surface area contributed by atoms with Gasteiger partial charge in [-0.1, -0.05) is 35.1 Å². The van der Waals surface area contributed by atoms with E-state index in [1.54, 1.807) is 29.8 Å². The number of sulfonamides is 1. The van der Waals surface area contributed by atoms with Crippen LogP contribution in [-0.4, -0.2) is 19.0 Å². The third-order valence-electron chi connectivity index (χ3n) is 3.64. The van der Waals surface area contributed by atoms with Gasteiger partial charge in [-0.05, 0) is 36.8 Å². The van der Waals surface area contributed by atoms with E-state index in [4.69, 9.17) is 0 Å². The number of nitrogens with zero attached hydrogens (tertiary/aromatic N) is 2. The average molecular weight is 399 g/mol. The van der Waals surface area contributed by atoms with Gasteiger partial charge in [-0.3, -0.25) is 0 Å². The van der Waals surface area contributed by atoms with Gasteiger partial charge in [0.05, 0.1) is 21.1 Å². The van der Waals surface area contributed by atoms with Gasteiger partial charge in [0.25, 0.3) is 10.0 Å². The summed E-state index contributed by atoms with van der Waals surface area (Å²) >= 11 is 1.17. The van der Waals surface area contributed by atoms with Gasteiger partial charge in [-0.2, -0.15) is 13.2 Å². The molecule has 0 amide bonds. The van der Waals surface area contributed by atoms with Gasteiger partial charge in [0.2, 0.25) is 4.80 Å². The van der Waals surface area contributed by atoms with E-state index >= 15 is 0 Å². The number of carboxylic acids is 1. The third-order valence-corrected chi connectivity index (χ3v) is 5.96. The van der Waals surface area contributed by atoms with E-state index in [9.17, 15) is 18.3 Å². The van der Waals surface area contributed by atoms with Gasteiger partial charge in [0.1, 0.15) is 0 Å². The first kappa shape index (κ1) is 20.7. The molecule has 0 radical (unpaired) electrons. The zero-order valence-corrected chi connectivity index (χ0v) is 18.0. The summed E-state index contributed by atoms with van der Waals surface area (Å²) in [6.07, 6.45) is 0. The molecule has 10 heteroatoms. The molecule has 0 atom stereocenters. The van der Waals surface area contributed by atoms with Crippen molar-refractivity contribution in [1.29, 1.82) is 0 Å². The molecule has 0 saturated carbocycles. The van der Waals surface area contributed by atoms with Crippen LogP contribution in [0.2, 0.25) is 0 Å². The normalized spacial score (nSPS) is 12.0. The summed E-state index contributed by atoms with van der Waals surface area (Å²) in [4.78, 5) is 13.7. The van der Waals surface area contributed by atoms with Crippen molar-refractivity contribution in [2.75, 3.05) is 0 Å². The van der Waals surface area contributed by atoms with Crippen LogP contribution in [0.15, 0.2) is 52.5 Å². The van der Waals surface area contributed by atoms with E-state index in [-0.39, 0.29) is 40.0 Å². The second-order valence-corrected chi connectivity index (χ2v) is 8.10. The molecule has 0 saturated heterocycles. The van der Waals surface area contributed by atoms with E-state index in [0.717, 1.165) is 11.1 Å². The molecule has 0 fully saturated rings. The number of hydrogen-bond acceptors (Lipinski definition) is 6. The van der Waals surface area contributed by atoms with Crippen molar-refractivity contribution in [3.05, 3.63) is 58.4 Å². The standard InChI is InChI=1S/C16H15N3O4S2.Na/c1-10-3-6-12(7-4-10)25(22,23)18-17-16-19(2)13-8-5-11(15(20)21)9-14(13)24-16;/h3-9,18H,1-2H3,(H,20,21);/q;+1/p-1. The van der Waals surface area contributed by atoms with Crippen LogP contribution >= 0.6 is 11.3 Å². The van der Waals surface area contributed by atoms with Crippen molar-refractivity contribution in [2.45, 2.75) is 11.8 Å². The summed E-state index contributed by atoms with van der Waals surface area (Å²) in [7, 11) is -2.06. The summed E-state index contributed by atoms with van der Waals surface area (Å²) in [5.41, 5.74) is 1.75. The number of carbonyl (C=O) groups is 1. The second-order valence-electron chi connectivity index (χ2n) is 5.43. The Morgan fingerprint density at radius 3 is 2.46 bits per heavy atom. The van der Waals surface area contributed by atoms with Gasteiger partial charge >= 0.3 is 29.6 Å². The second kappa shape index (κ2) is 7.93. The Bertz CT molecular complexity index is 1130. The third kappa shape index (κ3) is 4.18. The van der Waals surface area contributed by atoms with Crippen LogP contribution in [0.1, 0.15) is 15.9 Å². The monoisotopic (exact) mass is 399 g/mol. The summed E-state index contributed by atoms with van der Waals surface area (Å²) in [5, 5.41) is 14.9. The van der Waals surface area contributed by atoms with E-state index in [0.29, 0.717) is 9.50 Å². The van der Waals surface area contributed by atoms with Crippen LogP contribution in [0.4, 0.5) is 0 Å². The Hall–Kier alpha value is -1.65. The van der Waals surface area contributed by atoms with Gasteiger partial charge in [0, 0.05) is 7.05 Å². The molecule has 130 valence electrons. The maximum atomic E-state index is 12.3. The quantitative estimate of drug-likeness (QED) is 0.394. The Labute approximate surface area is 176 Å². The van der Waals surface area contributed by atoms with Crippen molar-refractivity contribution >= 4 is 37.5 Å². The van der Waals surface area contributed by atoms with Crippen molar-refractivity contribution in [3.63, 3.8) is 0 Å². The molecular weight excluding hydrogens is 385 g/mol. The average Bonchev–Trinajstić information content (AvgIpc) is 2.89. The van der Waals surface area contributed by atoms with Crippen LogP contribution in [0, 0.1) is 6.92 Å². The molecule has 3 aromatic rings. The van der Waals surface area contributed by atoms with E-state index in [2.05, 4.69) is 9.93 Å². The first-order valence-corrected chi connectivity index (χ1v) is 9.51. The van der Waals surface area contributed by atoms with Crippen molar-refractivity contribution in [3.8, 4) is 0 Å². The molecule has 26 heavy (non-hydrogen) atoms. The smallest absolute Gasteiger partial charge is 0.545 e. The van der Waals surface area contributed by atoms with Crippen LogP contribution in [0.5, 0.6) is 0 Å². The minimum atomic E-state index is -3.78. The van der Waals surface area contributed by atoms with Crippen LogP contribution in [0.25, 0.3) is 10.2 Å². The topological polar surface area (TPSA) is 104 Å². The number of rotatable bonds is 4. The maximum absolute atomic E-state index is 12.3. The molecule has 0 aliphatic rings. The van der Waals surface area contributed by atoms with Gasteiger partial charge in [-0.15, -0.1) is 5.10 Å². The molecular formula is C16H14N3NaO4S2. The first-order chi connectivity index (χ1) is 11.8. The first-order valence-electron chi connectivity index (χ1n) is 7.21. The minimum absolute atomic E-state index is 0. The summed E-state index contributed by atoms with van der Waals surface area (Å²) in [5.74, 6) is -1.27. The minimum Gasteiger partial charge on any atom is -0.545 e. The number of fused-ring (bicyclic) bond motifs is 1. The summed E-state index contributed by atoms with van der Waals surface area (Å²) < 4.78 is 26.9. The molecule has 0 bridgehead atoms. The SMILES string of the molecule is Cc1ccc(S(=O)(=O)NN=c2sc3cc(C(=O)[O-])ccc3n2C)cc1.[Na+]. The molecule has 0 aliphatic heterocycles. The molecule has 3 rings (SSSR count). The molecule has 0 unspecified atom stereocenters. The van der Waals surface area contributed by atoms with Gasteiger partial charge in [-0.25, -0.2) is 0 Å². The van der Waals surface area contributed by atoms with E-state index in [1.165, 1.54) is 35.6 Å². The molecule has 1 N–H and O–H groups in total. The number of carbonyl (C=O) groups excluding carboxylic acids is 1. The Morgan fingerprint density at radius 1 is 1.19 bits per heavy atom. The predicted molar refractivity (Wildman–Crippen MR) is 92.2 cm³/mol. The molecule has 0 aliphatic carbocycles. The molecule has 1 aromatic heterocycles. The molecule has 0 spiro atoms. The maximum Gasteiger partial charge on any atom is 1.00 e. The fraction of sp³-hybridized carbons (Fsp3) is 0.125. The fourth-order valence-corrected chi connectivity index (χ4v) is 4.12. The van der Waals surface area contributed by atoms with Crippen LogP contribution in [-0.2, 0) is 17.1 Å². The summed E-state index contributed by atoms with van der Waals surface area (Å²) in [6.45, 7) is 1.87. The number of aromatic carboxylic acids is 1. The van der Waals surface area contributed by atoms with Gasteiger partial charge < -0.3 is 14.5 Å². The number of benzene rings is 2. The van der Waals surface area contributed by atoms with Crippen LogP contribution in [0.3, 0.4) is 0 Å². The number of nitrogens with one attached hydrogen (secondary N) is 1. The Morgan fingerprint density at radius 2 is 1.85 bits per heavy atom. The molecule has 1 heterocycles. The van der Waals surface area contributed by atoms with E-state index < -0.39 is 16.0 Å². The van der Waals surface area contributed by atoms with Crippen LogP contribution < -0.4 is 44.3 Å². The Kier molecular flexibility index (Phi) is 6.30. The van der Waals surface area contributed by atoms with Crippen molar-refractivity contribution < 1.29 is 47.9 Å². The van der Waals surface area contributed by atoms with Crippen molar-refractivity contribution in [1.82, 2.24) is 9.40 Å². The summed E-state index contributed by atoms with van der Waals surface area (Å²) in [6, 6.07) is 11.0. The number of thiazole rings is 1. The number of aryl methyl sites for hydroxylation is 2. The predicted octanol–water partition coefficient (Wildman–Crippen LogP) is -2.29. The van der Waals surface area contributed by atoms with Crippen molar-refractivity contribution in [2.24, 2.45) is 12.1 Å². The largest absolute Gasteiger partial charge is 1.00 e. The zero-order chi connectivity index (χ0) is 18.2. The zero-order valence-electron chi connectivity index (χ0n) is 14.4. The Balaban J connectivity index is 0.00000243. The van der Waals surface area contributed by atoms with E-state index in [1.807, 2.05) is 6.92 Å². The molecule has 7 nitrogen and oxygen atoms in total. The fourth-order valence-electron chi connectivity index (χ4n) is 2.24. The van der Waals surface area contributed by atoms with Gasteiger partial charge in [0.15, 0.2) is 0 Å². The number of carboxylic acid groups (broad SMARTS) is 1. The molecule has 2 aromatic carbocycles. The number of hydrogen-bond donors (Lipinski definition) is 1.